The Morgan fingerprint density at radius 2 is 2.04 bits per heavy atom. The standard InChI is InChI=1S/C20H23N5OS/c1-15-6-4-7-16(12-15)13-21-18(26)17-8-5-11-25(14-17)20-23-22-19(27-20)24-9-2-3-10-24/h2-4,6-7,9-10,12,17H,5,8,11,13-14H2,1H3,(H,21,26)/t17-/m0/s1. The van der Waals surface area contributed by atoms with E-state index >= 15 is 0 Å². The van der Waals surface area contributed by atoms with Crippen molar-refractivity contribution in [1.82, 2.24) is 20.1 Å². The third kappa shape index (κ3) is 4.19. The smallest absolute Gasteiger partial charge is 0.225 e. The number of nitrogens with zero attached hydrogens (tertiary/aromatic N) is 4. The van der Waals surface area contributed by atoms with E-state index in [1.54, 1.807) is 11.3 Å². The summed E-state index contributed by atoms with van der Waals surface area (Å²) >= 11 is 1.56. The number of aromatic nitrogens is 3. The van der Waals surface area contributed by atoms with Gasteiger partial charge < -0.3 is 10.2 Å². The fraction of sp³-hybridized carbons (Fsp3) is 0.350. The molecule has 1 aliphatic heterocycles. The Kier molecular flexibility index (Phi) is 5.20. The first-order valence-electron chi connectivity index (χ1n) is 9.24. The van der Waals surface area contributed by atoms with Crippen LogP contribution in [0.5, 0.6) is 0 Å². The summed E-state index contributed by atoms with van der Waals surface area (Å²) in [6.45, 7) is 4.25. The molecule has 0 saturated carbocycles. The van der Waals surface area contributed by atoms with E-state index in [4.69, 9.17) is 0 Å². The van der Waals surface area contributed by atoms with Crippen LogP contribution >= 0.6 is 11.3 Å². The van der Waals surface area contributed by atoms with Crippen LogP contribution in [-0.4, -0.2) is 33.8 Å². The fourth-order valence-electron chi connectivity index (χ4n) is 3.42. The van der Waals surface area contributed by atoms with Crippen LogP contribution in [0.4, 0.5) is 5.13 Å². The van der Waals surface area contributed by atoms with E-state index < -0.39 is 0 Å². The van der Waals surface area contributed by atoms with Crippen molar-refractivity contribution in [3.05, 3.63) is 59.9 Å². The van der Waals surface area contributed by atoms with Crippen molar-refractivity contribution in [3.8, 4) is 5.13 Å². The van der Waals surface area contributed by atoms with E-state index in [0.717, 1.165) is 35.2 Å². The van der Waals surface area contributed by atoms with Crippen LogP contribution in [0.25, 0.3) is 5.13 Å². The predicted molar refractivity (Wildman–Crippen MR) is 107 cm³/mol. The minimum Gasteiger partial charge on any atom is -0.352 e. The summed E-state index contributed by atoms with van der Waals surface area (Å²) in [6.07, 6.45) is 5.82. The number of hydrogen-bond acceptors (Lipinski definition) is 5. The Hall–Kier alpha value is -2.67. The van der Waals surface area contributed by atoms with Crippen LogP contribution in [0.3, 0.4) is 0 Å². The zero-order valence-corrected chi connectivity index (χ0v) is 16.2. The maximum absolute atomic E-state index is 12.7. The highest BCUT2D eigenvalue weighted by Gasteiger charge is 2.27. The van der Waals surface area contributed by atoms with Gasteiger partial charge >= 0.3 is 0 Å². The molecule has 7 heteroatoms. The van der Waals surface area contributed by atoms with E-state index in [-0.39, 0.29) is 11.8 Å². The van der Waals surface area contributed by atoms with Gasteiger partial charge in [-0.25, -0.2) is 0 Å². The lowest BCUT2D eigenvalue weighted by Crippen LogP contribution is -2.43. The van der Waals surface area contributed by atoms with Crippen molar-refractivity contribution in [3.63, 3.8) is 0 Å². The molecule has 1 saturated heterocycles. The summed E-state index contributed by atoms with van der Waals surface area (Å²) in [4.78, 5) is 14.8. The van der Waals surface area contributed by atoms with Gasteiger partial charge in [0.1, 0.15) is 0 Å². The highest BCUT2D eigenvalue weighted by Crippen LogP contribution is 2.28. The molecular formula is C20H23N5OS. The van der Waals surface area contributed by atoms with E-state index in [0.29, 0.717) is 13.1 Å². The van der Waals surface area contributed by atoms with Crippen LogP contribution in [0, 0.1) is 12.8 Å². The molecule has 0 spiro atoms. The zero-order valence-electron chi connectivity index (χ0n) is 15.3. The monoisotopic (exact) mass is 381 g/mol. The largest absolute Gasteiger partial charge is 0.352 e. The molecule has 1 atom stereocenters. The van der Waals surface area contributed by atoms with E-state index in [9.17, 15) is 4.79 Å². The van der Waals surface area contributed by atoms with Crippen molar-refractivity contribution in [2.75, 3.05) is 18.0 Å². The molecule has 27 heavy (non-hydrogen) atoms. The number of benzene rings is 1. The normalized spacial score (nSPS) is 17.1. The van der Waals surface area contributed by atoms with E-state index in [1.165, 1.54) is 5.56 Å². The van der Waals surface area contributed by atoms with Crippen LogP contribution in [-0.2, 0) is 11.3 Å². The summed E-state index contributed by atoms with van der Waals surface area (Å²) < 4.78 is 1.96. The van der Waals surface area contributed by atoms with Gasteiger partial charge in [0.15, 0.2) is 0 Å². The first-order valence-corrected chi connectivity index (χ1v) is 10.1. The fourth-order valence-corrected chi connectivity index (χ4v) is 4.27. The third-order valence-electron chi connectivity index (χ3n) is 4.84. The average molecular weight is 382 g/mol. The first kappa shape index (κ1) is 17.7. The molecule has 2 aromatic heterocycles. The molecule has 4 rings (SSSR count). The van der Waals surface area contributed by atoms with E-state index in [2.05, 4.69) is 39.5 Å². The summed E-state index contributed by atoms with van der Waals surface area (Å²) in [5, 5.41) is 13.4. The Morgan fingerprint density at radius 3 is 2.85 bits per heavy atom. The lowest BCUT2D eigenvalue weighted by atomic mass is 9.97. The zero-order chi connectivity index (χ0) is 18.6. The van der Waals surface area contributed by atoms with Gasteiger partial charge in [0, 0.05) is 32.0 Å². The third-order valence-corrected chi connectivity index (χ3v) is 5.84. The number of carbonyl (C=O) groups is 1. The van der Waals surface area contributed by atoms with Crippen LogP contribution < -0.4 is 10.2 Å². The van der Waals surface area contributed by atoms with Crippen molar-refractivity contribution < 1.29 is 4.79 Å². The highest BCUT2D eigenvalue weighted by molar-refractivity contribution is 7.17. The SMILES string of the molecule is Cc1cccc(CNC(=O)[C@H]2CCCN(c3nnc(-n4cccc4)s3)C2)c1. The summed E-state index contributed by atoms with van der Waals surface area (Å²) in [5.41, 5.74) is 2.34. The number of carbonyl (C=O) groups excluding carboxylic acids is 1. The van der Waals surface area contributed by atoms with Gasteiger partial charge in [-0.1, -0.05) is 41.2 Å². The number of rotatable bonds is 5. The Labute approximate surface area is 162 Å². The first-order chi connectivity index (χ1) is 13.2. The molecule has 1 fully saturated rings. The topological polar surface area (TPSA) is 63.1 Å². The van der Waals surface area contributed by atoms with Gasteiger partial charge in [0.2, 0.25) is 16.2 Å². The molecule has 0 radical (unpaired) electrons. The number of aryl methyl sites for hydroxylation is 1. The lowest BCUT2D eigenvalue weighted by molar-refractivity contribution is -0.125. The number of piperidine rings is 1. The number of hydrogen-bond donors (Lipinski definition) is 1. The average Bonchev–Trinajstić information content (AvgIpc) is 3.38. The quantitative estimate of drug-likeness (QED) is 0.737. The second-order valence-corrected chi connectivity index (χ2v) is 7.88. The second-order valence-electron chi connectivity index (χ2n) is 6.95. The maximum atomic E-state index is 12.7. The maximum Gasteiger partial charge on any atom is 0.225 e. The molecule has 1 aromatic carbocycles. The summed E-state index contributed by atoms with van der Waals surface area (Å²) in [5.74, 6) is 0.110. The lowest BCUT2D eigenvalue weighted by Gasteiger charge is -2.31. The number of amides is 1. The number of anilines is 1. The van der Waals surface area contributed by atoms with Gasteiger partial charge in [-0.3, -0.25) is 9.36 Å². The Bertz CT molecular complexity index is 905. The molecule has 6 nitrogen and oxygen atoms in total. The molecule has 1 amide bonds. The number of nitrogens with one attached hydrogen (secondary N) is 1. The van der Waals surface area contributed by atoms with Crippen molar-refractivity contribution >= 4 is 22.4 Å². The molecular weight excluding hydrogens is 358 g/mol. The second kappa shape index (κ2) is 7.92. The van der Waals surface area contributed by atoms with Gasteiger partial charge in [-0.05, 0) is 37.5 Å². The minimum absolute atomic E-state index is 0.0116. The van der Waals surface area contributed by atoms with E-state index in [1.807, 2.05) is 41.2 Å². The molecule has 1 aliphatic rings. The molecule has 0 bridgehead atoms. The van der Waals surface area contributed by atoms with Gasteiger partial charge in [0.25, 0.3) is 0 Å². The summed E-state index contributed by atoms with van der Waals surface area (Å²) in [7, 11) is 0. The van der Waals surface area contributed by atoms with Crippen molar-refractivity contribution in [2.24, 2.45) is 5.92 Å². The molecule has 140 valence electrons. The van der Waals surface area contributed by atoms with Crippen LogP contribution in [0.1, 0.15) is 24.0 Å². The molecule has 0 unspecified atom stereocenters. The Balaban J connectivity index is 1.37. The summed E-state index contributed by atoms with van der Waals surface area (Å²) in [6, 6.07) is 12.2. The van der Waals surface area contributed by atoms with Crippen molar-refractivity contribution in [2.45, 2.75) is 26.3 Å². The van der Waals surface area contributed by atoms with Crippen LogP contribution in [0.2, 0.25) is 0 Å². The van der Waals surface area contributed by atoms with Gasteiger partial charge in [0.05, 0.1) is 5.92 Å². The predicted octanol–water partition coefficient (Wildman–Crippen LogP) is 3.17. The van der Waals surface area contributed by atoms with Gasteiger partial charge in [-0.15, -0.1) is 10.2 Å². The Morgan fingerprint density at radius 1 is 1.22 bits per heavy atom. The minimum atomic E-state index is -0.0116. The van der Waals surface area contributed by atoms with Gasteiger partial charge in [-0.2, -0.15) is 0 Å². The molecule has 0 aliphatic carbocycles. The molecule has 1 N–H and O–H groups in total. The molecule has 3 heterocycles. The highest BCUT2D eigenvalue weighted by atomic mass is 32.1. The molecule has 3 aromatic rings. The van der Waals surface area contributed by atoms with Crippen LogP contribution in [0.15, 0.2) is 48.8 Å². The van der Waals surface area contributed by atoms with Crippen molar-refractivity contribution in [1.29, 1.82) is 0 Å².